The van der Waals surface area contributed by atoms with Gasteiger partial charge in [-0.2, -0.15) is 9.97 Å². The Morgan fingerprint density at radius 3 is 2.83 bits per heavy atom. The number of nitrogen functional groups attached to an aromatic ring is 1. The molecule has 4 N–H and O–H groups in total. The first kappa shape index (κ1) is 16.7. The van der Waals surface area contributed by atoms with Gasteiger partial charge in [-0.15, -0.1) is 0 Å². The molecular weight excluding hydrogens is 312 g/mol. The van der Waals surface area contributed by atoms with Crippen LogP contribution in [0.3, 0.4) is 0 Å². The molecule has 1 saturated heterocycles. The van der Waals surface area contributed by atoms with Crippen molar-refractivity contribution in [3.63, 3.8) is 0 Å². The minimum atomic E-state index is -0.214. The van der Waals surface area contributed by atoms with E-state index in [4.69, 9.17) is 15.2 Å². The first-order valence-electron chi connectivity index (χ1n) is 8.27. The van der Waals surface area contributed by atoms with E-state index in [1.54, 1.807) is 11.7 Å². The van der Waals surface area contributed by atoms with Gasteiger partial charge in [-0.1, -0.05) is 0 Å². The van der Waals surface area contributed by atoms with Crippen molar-refractivity contribution < 1.29 is 9.47 Å². The van der Waals surface area contributed by atoms with E-state index in [-0.39, 0.29) is 17.5 Å². The van der Waals surface area contributed by atoms with Crippen molar-refractivity contribution in [3.05, 3.63) is 10.5 Å². The van der Waals surface area contributed by atoms with Gasteiger partial charge < -0.3 is 25.5 Å². The number of fused-ring (bicyclic) bond motifs is 1. The lowest BCUT2D eigenvalue weighted by Crippen LogP contribution is -2.29. The van der Waals surface area contributed by atoms with Gasteiger partial charge in [-0.05, 0) is 38.3 Å². The third-order valence-corrected chi connectivity index (χ3v) is 4.37. The van der Waals surface area contributed by atoms with Crippen LogP contribution in [0.25, 0.3) is 11.2 Å². The molecule has 2 aromatic heterocycles. The number of imidazole rings is 1. The van der Waals surface area contributed by atoms with Gasteiger partial charge in [0.2, 0.25) is 0 Å². The van der Waals surface area contributed by atoms with Gasteiger partial charge in [0.1, 0.15) is 12.1 Å². The summed E-state index contributed by atoms with van der Waals surface area (Å²) in [7, 11) is 1.59. The van der Waals surface area contributed by atoms with Gasteiger partial charge in [0.15, 0.2) is 11.5 Å². The number of nitrogens with one attached hydrogen (secondary N) is 2. The van der Waals surface area contributed by atoms with Crippen LogP contribution in [0.15, 0.2) is 4.79 Å². The standard InChI is InChI=1S/C15H24N6O3/c1-23-8-9-24-14-19-12(16)11-13(20-14)21(15(22)18-11)7-4-10-2-5-17-6-3-10/h10,17H,2-9H2,1H3,(H,18,22)(H2,16,19,20). The zero-order chi connectivity index (χ0) is 16.9. The second-order valence-corrected chi connectivity index (χ2v) is 6.00. The molecular formula is C15H24N6O3. The number of rotatable bonds is 7. The molecule has 1 fully saturated rings. The van der Waals surface area contributed by atoms with Gasteiger partial charge in [-0.3, -0.25) is 4.57 Å². The summed E-state index contributed by atoms with van der Waals surface area (Å²) in [4.78, 5) is 23.4. The fraction of sp³-hybridized carbons (Fsp3) is 0.667. The number of nitrogens with zero attached hydrogens (tertiary/aromatic N) is 3. The van der Waals surface area contributed by atoms with Crippen molar-refractivity contribution >= 4 is 17.0 Å². The van der Waals surface area contributed by atoms with E-state index in [1.165, 1.54) is 0 Å². The summed E-state index contributed by atoms with van der Waals surface area (Å²) >= 11 is 0. The molecule has 1 aliphatic heterocycles. The molecule has 0 unspecified atom stereocenters. The number of H-pyrrole nitrogens is 1. The number of ether oxygens (including phenoxy) is 2. The molecule has 1 aliphatic rings. The Bertz CT molecular complexity index is 735. The Balaban J connectivity index is 1.80. The Hall–Kier alpha value is -2.13. The molecule has 0 bridgehead atoms. The van der Waals surface area contributed by atoms with E-state index in [0.29, 0.717) is 36.8 Å². The molecule has 2 aromatic rings. The normalized spacial score (nSPS) is 15.9. The minimum absolute atomic E-state index is 0.159. The highest BCUT2D eigenvalue weighted by Gasteiger charge is 2.17. The SMILES string of the molecule is COCCOc1nc(N)c2[nH]c(=O)n(CCC3CCNCC3)c2n1. The number of piperidine rings is 1. The van der Waals surface area contributed by atoms with Gasteiger partial charge in [0, 0.05) is 13.7 Å². The number of hydrogen-bond donors (Lipinski definition) is 3. The monoisotopic (exact) mass is 336 g/mol. The maximum absolute atomic E-state index is 12.2. The first-order chi connectivity index (χ1) is 11.7. The highest BCUT2D eigenvalue weighted by atomic mass is 16.5. The molecule has 24 heavy (non-hydrogen) atoms. The second kappa shape index (κ2) is 7.63. The average Bonchev–Trinajstić information content (AvgIpc) is 2.90. The zero-order valence-corrected chi connectivity index (χ0v) is 13.9. The second-order valence-electron chi connectivity index (χ2n) is 6.00. The lowest BCUT2D eigenvalue weighted by molar-refractivity contribution is 0.141. The van der Waals surface area contributed by atoms with Crippen molar-refractivity contribution in [1.82, 2.24) is 24.8 Å². The molecule has 0 atom stereocenters. The van der Waals surface area contributed by atoms with Crippen molar-refractivity contribution in [1.29, 1.82) is 0 Å². The van der Waals surface area contributed by atoms with Crippen LogP contribution in [0.5, 0.6) is 6.01 Å². The zero-order valence-electron chi connectivity index (χ0n) is 13.9. The number of aromatic amines is 1. The average molecular weight is 336 g/mol. The quantitative estimate of drug-likeness (QED) is 0.614. The van der Waals surface area contributed by atoms with E-state index in [9.17, 15) is 4.79 Å². The van der Waals surface area contributed by atoms with E-state index < -0.39 is 0 Å². The summed E-state index contributed by atoms with van der Waals surface area (Å²) in [5.74, 6) is 0.838. The third kappa shape index (κ3) is 3.68. The van der Waals surface area contributed by atoms with Gasteiger partial charge >= 0.3 is 11.7 Å². The van der Waals surface area contributed by atoms with Crippen molar-refractivity contribution in [3.8, 4) is 6.01 Å². The number of methoxy groups -OCH3 is 1. The maximum atomic E-state index is 12.2. The molecule has 0 amide bonds. The summed E-state index contributed by atoms with van der Waals surface area (Å²) in [5.41, 5.74) is 6.67. The van der Waals surface area contributed by atoms with E-state index in [1.807, 2.05) is 0 Å². The van der Waals surface area contributed by atoms with Crippen molar-refractivity contribution in [2.45, 2.75) is 25.8 Å². The fourth-order valence-electron chi connectivity index (χ4n) is 3.00. The molecule has 132 valence electrons. The largest absolute Gasteiger partial charge is 0.461 e. The molecule has 3 rings (SSSR count). The van der Waals surface area contributed by atoms with Gasteiger partial charge in [0.25, 0.3) is 0 Å². The predicted octanol–water partition coefficient (Wildman–Crippen LogP) is 0.117. The lowest BCUT2D eigenvalue weighted by atomic mass is 9.95. The molecule has 0 spiro atoms. The Morgan fingerprint density at radius 1 is 1.29 bits per heavy atom. The molecule has 0 aromatic carbocycles. The molecule has 9 nitrogen and oxygen atoms in total. The van der Waals surface area contributed by atoms with Crippen molar-refractivity contribution in [2.24, 2.45) is 5.92 Å². The highest BCUT2D eigenvalue weighted by Crippen LogP contribution is 2.20. The number of hydrogen-bond acceptors (Lipinski definition) is 7. The predicted molar refractivity (Wildman–Crippen MR) is 90.1 cm³/mol. The van der Waals surface area contributed by atoms with Gasteiger partial charge in [-0.25, -0.2) is 4.79 Å². The minimum Gasteiger partial charge on any atom is -0.461 e. The molecule has 0 aliphatic carbocycles. The van der Waals surface area contributed by atoms with Crippen LogP contribution < -0.4 is 21.5 Å². The Kier molecular flexibility index (Phi) is 5.31. The van der Waals surface area contributed by atoms with Crippen LogP contribution in [0.1, 0.15) is 19.3 Å². The fourth-order valence-corrected chi connectivity index (χ4v) is 3.00. The smallest absolute Gasteiger partial charge is 0.327 e. The number of aromatic nitrogens is 4. The Morgan fingerprint density at radius 2 is 2.08 bits per heavy atom. The van der Waals surface area contributed by atoms with E-state index in [0.717, 1.165) is 32.4 Å². The lowest BCUT2D eigenvalue weighted by Gasteiger charge is -2.22. The van der Waals surface area contributed by atoms with E-state index >= 15 is 0 Å². The summed E-state index contributed by atoms with van der Waals surface area (Å²) < 4.78 is 12.0. The van der Waals surface area contributed by atoms with Crippen LogP contribution >= 0.6 is 0 Å². The number of nitrogens with two attached hydrogens (primary N) is 1. The van der Waals surface area contributed by atoms with Gasteiger partial charge in [0.05, 0.1) is 6.61 Å². The van der Waals surface area contributed by atoms with Crippen molar-refractivity contribution in [2.75, 3.05) is 39.1 Å². The molecule has 0 radical (unpaired) electrons. The van der Waals surface area contributed by atoms with Crippen LogP contribution in [0.2, 0.25) is 0 Å². The molecule has 3 heterocycles. The summed E-state index contributed by atoms with van der Waals surface area (Å²) in [6, 6.07) is 0.159. The Labute approximate surface area is 139 Å². The first-order valence-corrected chi connectivity index (χ1v) is 8.27. The highest BCUT2D eigenvalue weighted by molar-refractivity contribution is 5.81. The van der Waals surface area contributed by atoms with E-state index in [2.05, 4.69) is 20.3 Å². The number of aryl methyl sites for hydroxylation is 1. The molecule has 0 saturated carbocycles. The maximum Gasteiger partial charge on any atom is 0.327 e. The summed E-state index contributed by atoms with van der Waals surface area (Å²) in [6.45, 7) is 3.44. The van der Waals surface area contributed by atoms with Crippen LogP contribution in [-0.2, 0) is 11.3 Å². The van der Waals surface area contributed by atoms with Crippen LogP contribution in [0.4, 0.5) is 5.82 Å². The number of anilines is 1. The summed E-state index contributed by atoms with van der Waals surface area (Å²) in [6.07, 6.45) is 3.22. The topological polar surface area (TPSA) is 120 Å². The van der Waals surface area contributed by atoms with Crippen LogP contribution in [0, 0.1) is 5.92 Å². The summed E-state index contributed by atoms with van der Waals surface area (Å²) in [5, 5.41) is 3.35. The molecule has 9 heteroatoms. The van der Waals surface area contributed by atoms with Crippen LogP contribution in [-0.4, -0.2) is 52.9 Å². The third-order valence-electron chi connectivity index (χ3n) is 4.37.